The molecule has 1 unspecified atom stereocenters. The van der Waals surface area contributed by atoms with Crippen molar-refractivity contribution in [3.05, 3.63) is 71.8 Å². The van der Waals surface area contributed by atoms with Crippen LogP contribution in [0, 0.1) is 11.8 Å². The highest BCUT2D eigenvalue weighted by atomic mass is 16.3. The maximum absolute atomic E-state index is 11.0. The van der Waals surface area contributed by atoms with Crippen molar-refractivity contribution in [1.82, 2.24) is 4.90 Å². The molecule has 2 fully saturated rings. The Morgan fingerprint density at radius 2 is 1.43 bits per heavy atom. The molecule has 0 spiro atoms. The first-order valence-corrected chi connectivity index (χ1v) is 8.77. The van der Waals surface area contributed by atoms with Gasteiger partial charge in [-0.3, -0.25) is 0 Å². The summed E-state index contributed by atoms with van der Waals surface area (Å²) < 4.78 is 0. The summed E-state index contributed by atoms with van der Waals surface area (Å²) >= 11 is 0. The van der Waals surface area contributed by atoms with Crippen molar-refractivity contribution in [3.8, 4) is 0 Å². The molecule has 0 radical (unpaired) electrons. The molecule has 0 amide bonds. The first-order valence-electron chi connectivity index (χ1n) is 8.77. The molecule has 23 heavy (non-hydrogen) atoms. The molecule has 1 N–H and O–H groups in total. The van der Waals surface area contributed by atoms with Crippen molar-refractivity contribution in [3.63, 3.8) is 0 Å². The van der Waals surface area contributed by atoms with E-state index < -0.39 is 5.60 Å². The number of nitrogens with zero attached hydrogens (tertiary/aromatic N) is 1. The Balaban J connectivity index is 1.35. The Kier molecular flexibility index (Phi) is 3.96. The lowest BCUT2D eigenvalue weighted by Gasteiger charge is -2.26. The van der Waals surface area contributed by atoms with E-state index in [2.05, 4.69) is 47.4 Å². The number of aliphatic hydroxyl groups is 1. The molecule has 2 aromatic carbocycles. The normalized spacial score (nSPS) is 30.5. The monoisotopic (exact) mass is 307 g/mol. The summed E-state index contributed by atoms with van der Waals surface area (Å²) in [5.74, 6) is 1.30. The van der Waals surface area contributed by atoms with Gasteiger partial charge in [-0.05, 0) is 42.2 Å². The largest absolute Gasteiger partial charge is 0.385 e. The molecule has 0 aromatic heterocycles. The second-order valence-electron chi connectivity index (χ2n) is 7.32. The van der Waals surface area contributed by atoms with Crippen LogP contribution in [0.2, 0.25) is 0 Å². The summed E-state index contributed by atoms with van der Waals surface area (Å²) in [6.45, 7) is 3.43. The second kappa shape index (κ2) is 6.10. The molecule has 0 bridgehead atoms. The summed E-state index contributed by atoms with van der Waals surface area (Å²) in [6.07, 6.45) is 2.97. The van der Waals surface area contributed by atoms with Gasteiger partial charge in [0.2, 0.25) is 0 Å². The summed E-state index contributed by atoms with van der Waals surface area (Å²) in [5, 5.41) is 11.0. The number of rotatable bonds is 4. The van der Waals surface area contributed by atoms with E-state index in [9.17, 15) is 5.11 Å². The molecule has 1 aliphatic carbocycles. The Morgan fingerprint density at radius 3 is 2.04 bits per heavy atom. The lowest BCUT2D eigenvalue weighted by atomic mass is 9.90. The molecule has 1 heterocycles. The van der Waals surface area contributed by atoms with Crippen LogP contribution in [-0.4, -0.2) is 29.6 Å². The van der Waals surface area contributed by atoms with Crippen LogP contribution in [0.4, 0.5) is 0 Å². The van der Waals surface area contributed by atoms with E-state index in [1.807, 2.05) is 18.2 Å². The van der Waals surface area contributed by atoms with Crippen LogP contribution in [-0.2, 0) is 12.0 Å². The lowest BCUT2D eigenvalue weighted by Crippen LogP contribution is -2.29. The van der Waals surface area contributed by atoms with Gasteiger partial charge >= 0.3 is 0 Å². The van der Waals surface area contributed by atoms with Crippen LogP contribution in [0.1, 0.15) is 24.0 Å². The van der Waals surface area contributed by atoms with Crippen molar-refractivity contribution in [2.75, 3.05) is 19.6 Å². The van der Waals surface area contributed by atoms with Crippen molar-refractivity contribution in [2.24, 2.45) is 11.8 Å². The van der Waals surface area contributed by atoms with Crippen molar-refractivity contribution >= 4 is 0 Å². The topological polar surface area (TPSA) is 23.5 Å². The van der Waals surface area contributed by atoms with Crippen molar-refractivity contribution in [2.45, 2.75) is 24.9 Å². The Bertz CT molecular complexity index is 625. The van der Waals surface area contributed by atoms with E-state index in [1.165, 1.54) is 5.56 Å². The highest BCUT2D eigenvalue weighted by molar-refractivity contribution is 5.25. The Labute approximate surface area is 138 Å². The number of hydrogen-bond acceptors (Lipinski definition) is 2. The number of fused-ring (bicyclic) bond motifs is 1. The molecule has 1 saturated heterocycles. The maximum atomic E-state index is 11.0. The predicted molar refractivity (Wildman–Crippen MR) is 93.1 cm³/mol. The molecule has 2 heteroatoms. The molecule has 2 aliphatic rings. The van der Waals surface area contributed by atoms with Crippen LogP contribution >= 0.6 is 0 Å². The van der Waals surface area contributed by atoms with Gasteiger partial charge < -0.3 is 10.0 Å². The van der Waals surface area contributed by atoms with Gasteiger partial charge in [0.25, 0.3) is 0 Å². The average Bonchev–Trinajstić information content (AvgIpc) is 3.10. The van der Waals surface area contributed by atoms with E-state index in [0.717, 1.165) is 44.5 Å². The third-order valence-corrected chi connectivity index (χ3v) is 5.72. The molecule has 1 aliphatic heterocycles. The van der Waals surface area contributed by atoms with Crippen LogP contribution in [0.5, 0.6) is 0 Å². The van der Waals surface area contributed by atoms with E-state index in [1.54, 1.807) is 0 Å². The maximum Gasteiger partial charge on any atom is 0.0903 e. The molecule has 4 rings (SSSR count). The van der Waals surface area contributed by atoms with Gasteiger partial charge in [-0.1, -0.05) is 60.7 Å². The zero-order valence-corrected chi connectivity index (χ0v) is 13.6. The summed E-state index contributed by atoms with van der Waals surface area (Å²) in [4.78, 5) is 2.59. The van der Waals surface area contributed by atoms with Crippen LogP contribution in [0.25, 0.3) is 0 Å². The van der Waals surface area contributed by atoms with E-state index >= 15 is 0 Å². The minimum absolute atomic E-state index is 0.595. The van der Waals surface area contributed by atoms with Gasteiger partial charge in [0, 0.05) is 19.6 Å². The minimum atomic E-state index is -0.595. The standard InChI is InChI=1S/C21H25NO/c23-21(20-9-5-2-6-10-20)13-18-15-22(16-19(18)14-21)12-11-17-7-3-1-4-8-17/h1-10,18-19,23H,11-16H2/t18-,19+,21?. The SMILES string of the molecule is OC1(c2ccccc2)C[C@H]2CN(CCc3ccccc3)C[C@H]2C1. The summed E-state index contributed by atoms with van der Waals surface area (Å²) in [6, 6.07) is 21.0. The third-order valence-electron chi connectivity index (χ3n) is 5.72. The molecule has 2 aromatic rings. The van der Waals surface area contributed by atoms with E-state index in [0.29, 0.717) is 11.8 Å². The predicted octanol–water partition coefficient (Wildman–Crippen LogP) is 3.46. The Morgan fingerprint density at radius 1 is 0.870 bits per heavy atom. The summed E-state index contributed by atoms with van der Waals surface area (Å²) in [5.41, 5.74) is 1.93. The van der Waals surface area contributed by atoms with Gasteiger partial charge in [0.1, 0.15) is 0 Å². The second-order valence-corrected chi connectivity index (χ2v) is 7.32. The quantitative estimate of drug-likeness (QED) is 0.935. The molecule has 120 valence electrons. The van der Waals surface area contributed by atoms with Crippen LogP contribution in [0.15, 0.2) is 60.7 Å². The minimum Gasteiger partial charge on any atom is -0.385 e. The van der Waals surface area contributed by atoms with E-state index in [-0.39, 0.29) is 0 Å². The number of likely N-dealkylation sites (tertiary alicyclic amines) is 1. The summed E-state index contributed by atoms with van der Waals surface area (Å²) in [7, 11) is 0. The van der Waals surface area contributed by atoms with Gasteiger partial charge in [-0.25, -0.2) is 0 Å². The molecular weight excluding hydrogens is 282 g/mol. The average molecular weight is 307 g/mol. The van der Waals surface area contributed by atoms with Gasteiger partial charge in [-0.15, -0.1) is 0 Å². The lowest BCUT2D eigenvalue weighted by molar-refractivity contribution is 0.0314. The zero-order valence-electron chi connectivity index (χ0n) is 13.6. The smallest absolute Gasteiger partial charge is 0.0903 e. The fraction of sp³-hybridized carbons (Fsp3) is 0.429. The molecule has 3 atom stereocenters. The first-order chi connectivity index (χ1) is 11.2. The first kappa shape index (κ1) is 14.9. The molecule has 1 saturated carbocycles. The van der Waals surface area contributed by atoms with Crippen molar-refractivity contribution in [1.29, 1.82) is 0 Å². The molecular formula is C21H25NO. The van der Waals surface area contributed by atoms with Crippen LogP contribution < -0.4 is 0 Å². The van der Waals surface area contributed by atoms with Gasteiger partial charge in [-0.2, -0.15) is 0 Å². The third kappa shape index (κ3) is 3.06. The highest BCUT2D eigenvalue weighted by Gasteiger charge is 2.48. The van der Waals surface area contributed by atoms with Gasteiger partial charge in [0.15, 0.2) is 0 Å². The fourth-order valence-electron chi connectivity index (χ4n) is 4.55. The number of benzene rings is 2. The zero-order chi connectivity index (χ0) is 15.7. The van der Waals surface area contributed by atoms with Gasteiger partial charge in [0.05, 0.1) is 5.60 Å². The molecule has 2 nitrogen and oxygen atoms in total. The number of hydrogen-bond donors (Lipinski definition) is 1. The Hall–Kier alpha value is -1.64. The fourth-order valence-corrected chi connectivity index (χ4v) is 4.55. The van der Waals surface area contributed by atoms with E-state index in [4.69, 9.17) is 0 Å². The highest BCUT2D eigenvalue weighted by Crippen LogP contribution is 2.48. The van der Waals surface area contributed by atoms with Crippen LogP contribution in [0.3, 0.4) is 0 Å². The van der Waals surface area contributed by atoms with Crippen molar-refractivity contribution < 1.29 is 5.11 Å².